The highest BCUT2D eigenvalue weighted by molar-refractivity contribution is 7.80. The minimum Gasteiger partial charge on any atom is -0.366 e. The van der Waals surface area contributed by atoms with E-state index < -0.39 is 16.3 Å². The lowest BCUT2D eigenvalue weighted by Crippen LogP contribution is -2.15. The molecule has 0 atom stereocenters. The van der Waals surface area contributed by atoms with E-state index in [9.17, 15) is 13.2 Å². The van der Waals surface area contributed by atoms with Gasteiger partial charge in [0.15, 0.2) is 0 Å². The number of amides is 1. The summed E-state index contributed by atoms with van der Waals surface area (Å²) in [7, 11) is -4.44. The second kappa shape index (κ2) is 4.19. The van der Waals surface area contributed by atoms with Crippen molar-refractivity contribution < 1.29 is 21.9 Å². The van der Waals surface area contributed by atoms with E-state index in [0.717, 1.165) is 0 Å². The predicted molar refractivity (Wildman–Crippen MR) is 40.5 cm³/mol. The number of carbonyl (C=O) groups excluding carboxylic acids is 1. The van der Waals surface area contributed by atoms with Crippen molar-refractivity contribution >= 4 is 16.3 Å². The molecule has 0 aliphatic heterocycles. The number of nitrogens with two attached hydrogens (primary N) is 1. The van der Waals surface area contributed by atoms with Gasteiger partial charge < -0.3 is 5.73 Å². The van der Waals surface area contributed by atoms with E-state index in [1.807, 2.05) is 0 Å². The molecule has 0 saturated heterocycles. The average Bonchev–Trinajstić information content (AvgIpc) is 1.84. The first-order valence-electron chi connectivity index (χ1n) is 2.92. The van der Waals surface area contributed by atoms with Crippen LogP contribution in [-0.4, -0.2) is 25.5 Å². The van der Waals surface area contributed by atoms with Gasteiger partial charge in [-0.15, -0.1) is 0 Å². The molecule has 3 N–H and O–H groups in total. The zero-order valence-corrected chi connectivity index (χ0v) is 7.00. The summed E-state index contributed by atoms with van der Waals surface area (Å²) in [4.78, 5) is 10.3. The van der Waals surface area contributed by atoms with Crippen molar-refractivity contribution in [2.75, 3.05) is 6.61 Å². The van der Waals surface area contributed by atoms with Crippen LogP contribution in [0.15, 0.2) is 12.2 Å². The predicted octanol–water partition coefficient (Wildman–Crippen LogP) is -0.763. The van der Waals surface area contributed by atoms with Crippen LogP contribution in [-0.2, 0) is 19.4 Å². The van der Waals surface area contributed by atoms with Crippen molar-refractivity contribution in [1.82, 2.24) is 0 Å². The van der Waals surface area contributed by atoms with Gasteiger partial charge in [0.05, 0.1) is 6.61 Å². The Labute approximate surface area is 70.0 Å². The molecule has 0 fully saturated rings. The van der Waals surface area contributed by atoms with Gasteiger partial charge in [0, 0.05) is 12.0 Å². The van der Waals surface area contributed by atoms with Crippen molar-refractivity contribution in [2.24, 2.45) is 5.73 Å². The number of hydrogen-bond donors (Lipinski definition) is 2. The third kappa shape index (κ3) is 5.83. The quantitative estimate of drug-likeness (QED) is 0.443. The number of rotatable bonds is 5. The zero-order valence-electron chi connectivity index (χ0n) is 6.19. The topological polar surface area (TPSA) is 107 Å². The summed E-state index contributed by atoms with van der Waals surface area (Å²) in [6.07, 6.45) is -0.0326. The molecule has 0 rings (SSSR count). The van der Waals surface area contributed by atoms with E-state index in [0.29, 0.717) is 0 Å². The van der Waals surface area contributed by atoms with Crippen LogP contribution in [0.4, 0.5) is 0 Å². The van der Waals surface area contributed by atoms with E-state index in [4.69, 9.17) is 10.3 Å². The summed E-state index contributed by atoms with van der Waals surface area (Å²) >= 11 is 0. The molecular formula is C5H9NO5S. The summed E-state index contributed by atoms with van der Waals surface area (Å²) in [5.41, 5.74) is 4.82. The van der Waals surface area contributed by atoms with E-state index in [1.165, 1.54) is 0 Å². The molecule has 0 radical (unpaired) electrons. The van der Waals surface area contributed by atoms with Crippen LogP contribution in [0.5, 0.6) is 0 Å². The highest BCUT2D eigenvalue weighted by Crippen LogP contribution is 1.98. The summed E-state index contributed by atoms with van der Waals surface area (Å²) < 4.78 is 31.9. The standard InChI is InChI=1S/C5H9NO5S/c1-4(5(6)7)2-3-11-12(8,9)10/h1-3H2,(H2,6,7)(H,8,9,10). The molecule has 0 heterocycles. The Kier molecular flexibility index (Phi) is 3.87. The third-order valence-electron chi connectivity index (χ3n) is 0.985. The molecule has 0 aromatic heterocycles. The highest BCUT2D eigenvalue weighted by atomic mass is 32.3. The van der Waals surface area contributed by atoms with Crippen LogP contribution in [0.25, 0.3) is 0 Å². The number of carbonyl (C=O) groups is 1. The van der Waals surface area contributed by atoms with Crippen molar-refractivity contribution in [3.8, 4) is 0 Å². The van der Waals surface area contributed by atoms with Crippen LogP contribution < -0.4 is 5.73 Å². The molecule has 0 bridgehead atoms. The molecule has 0 aromatic carbocycles. The molecule has 0 unspecified atom stereocenters. The zero-order chi connectivity index (χ0) is 9.78. The van der Waals surface area contributed by atoms with Gasteiger partial charge in [0.25, 0.3) is 0 Å². The lowest BCUT2D eigenvalue weighted by atomic mass is 10.2. The Morgan fingerprint density at radius 1 is 1.58 bits per heavy atom. The van der Waals surface area contributed by atoms with Crippen molar-refractivity contribution in [3.05, 3.63) is 12.2 Å². The summed E-state index contributed by atoms with van der Waals surface area (Å²) in [5, 5.41) is 0. The monoisotopic (exact) mass is 195 g/mol. The van der Waals surface area contributed by atoms with E-state index in [-0.39, 0.29) is 18.6 Å². The Morgan fingerprint density at radius 2 is 2.08 bits per heavy atom. The molecule has 12 heavy (non-hydrogen) atoms. The van der Waals surface area contributed by atoms with Gasteiger partial charge in [0.1, 0.15) is 0 Å². The fraction of sp³-hybridized carbons (Fsp3) is 0.400. The largest absolute Gasteiger partial charge is 0.397 e. The molecule has 0 aromatic rings. The van der Waals surface area contributed by atoms with E-state index in [1.54, 1.807) is 0 Å². The normalized spacial score (nSPS) is 11.1. The van der Waals surface area contributed by atoms with Crippen LogP contribution >= 0.6 is 0 Å². The van der Waals surface area contributed by atoms with Gasteiger partial charge in [-0.25, -0.2) is 4.18 Å². The van der Waals surface area contributed by atoms with Gasteiger partial charge in [-0.3, -0.25) is 9.35 Å². The average molecular weight is 195 g/mol. The SMILES string of the molecule is C=C(CCOS(=O)(=O)O)C(N)=O. The van der Waals surface area contributed by atoms with Gasteiger partial charge in [0.2, 0.25) is 5.91 Å². The van der Waals surface area contributed by atoms with Gasteiger partial charge in [-0.1, -0.05) is 6.58 Å². The smallest absolute Gasteiger partial charge is 0.366 e. The second-order valence-corrected chi connectivity index (χ2v) is 3.06. The van der Waals surface area contributed by atoms with Crippen molar-refractivity contribution in [1.29, 1.82) is 0 Å². The van der Waals surface area contributed by atoms with E-state index >= 15 is 0 Å². The second-order valence-electron chi connectivity index (χ2n) is 1.97. The lowest BCUT2D eigenvalue weighted by Gasteiger charge is -1.99. The number of primary amides is 1. The Hall–Kier alpha value is -0.920. The summed E-state index contributed by atoms with van der Waals surface area (Å²) in [6.45, 7) is 2.90. The summed E-state index contributed by atoms with van der Waals surface area (Å²) in [5.74, 6) is -0.728. The Morgan fingerprint density at radius 3 is 2.42 bits per heavy atom. The minimum atomic E-state index is -4.44. The first-order valence-corrected chi connectivity index (χ1v) is 4.29. The van der Waals surface area contributed by atoms with Gasteiger partial charge in [-0.2, -0.15) is 8.42 Å². The molecule has 0 aliphatic rings. The Bertz CT molecular complexity index is 280. The maximum absolute atomic E-state index is 10.3. The fourth-order valence-corrected chi connectivity index (χ4v) is 0.687. The first-order chi connectivity index (χ1) is 5.33. The third-order valence-corrected chi connectivity index (χ3v) is 1.45. The van der Waals surface area contributed by atoms with E-state index in [2.05, 4.69) is 10.8 Å². The maximum Gasteiger partial charge on any atom is 0.397 e. The van der Waals surface area contributed by atoms with Gasteiger partial charge in [-0.05, 0) is 0 Å². The van der Waals surface area contributed by atoms with Crippen molar-refractivity contribution in [2.45, 2.75) is 6.42 Å². The molecule has 1 amide bonds. The van der Waals surface area contributed by atoms with Crippen molar-refractivity contribution in [3.63, 3.8) is 0 Å². The minimum absolute atomic E-state index is 0.0326. The molecule has 0 spiro atoms. The molecule has 0 aliphatic carbocycles. The highest BCUT2D eigenvalue weighted by Gasteiger charge is 2.06. The molecule has 0 saturated carbocycles. The molecule has 6 nitrogen and oxygen atoms in total. The Balaban J connectivity index is 3.73. The van der Waals surface area contributed by atoms with Crippen LogP contribution in [0.3, 0.4) is 0 Å². The van der Waals surface area contributed by atoms with Crippen LogP contribution in [0.2, 0.25) is 0 Å². The van der Waals surface area contributed by atoms with Gasteiger partial charge >= 0.3 is 10.4 Å². The lowest BCUT2D eigenvalue weighted by molar-refractivity contribution is -0.114. The van der Waals surface area contributed by atoms with Crippen LogP contribution in [0, 0.1) is 0 Å². The molecule has 70 valence electrons. The fourth-order valence-electron chi connectivity index (χ4n) is 0.393. The molecule has 7 heteroatoms. The summed E-state index contributed by atoms with van der Waals surface area (Å²) in [6, 6.07) is 0. The first kappa shape index (κ1) is 11.1. The number of hydrogen-bond acceptors (Lipinski definition) is 4. The van der Waals surface area contributed by atoms with Crippen LogP contribution in [0.1, 0.15) is 6.42 Å². The molecular weight excluding hydrogens is 186 g/mol. The maximum atomic E-state index is 10.3.